The Hall–Kier alpha value is -0.133. The average molecular weight is 536 g/mol. The van der Waals surface area contributed by atoms with Crippen LogP contribution in [0.3, 0.4) is 0 Å². The molecular formula is C24H44BrO4PSi. The van der Waals surface area contributed by atoms with Crippen molar-refractivity contribution in [1.82, 2.24) is 0 Å². The molecule has 0 heterocycles. The molecule has 4 nitrogen and oxygen atoms in total. The van der Waals surface area contributed by atoms with Gasteiger partial charge >= 0.3 is 202 Å². The van der Waals surface area contributed by atoms with Gasteiger partial charge in [-0.05, 0) is 0 Å². The second-order valence-corrected chi connectivity index (χ2v) is 20.4. The number of aromatic hydroxyl groups is 1. The molecule has 0 fully saturated rings. The molecule has 0 unspecified atom stereocenters. The van der Waals surface area contributed by atoms with E-state index in [4.69, 9.17) is 14.2 Å². The van der Waals surface area contributed by atoms with Crippen LogP contribution in [0.5, 0.6) is 11.5 Å². The van der Waals surface area contributed by atoms with Crippen molar-refractivity contribution >= 4 is 35.6 Å². The Kier molecular flexibility index (Phi) is 13.9. The third kappa shape index (κ3) is 8.96. The molecule has 0 atom stereocenters. The summed E-state index contributed by atoms with van der Waals surface area (Å²) in [5.74, 6) is 1.17. The Morgan fingerprint density at radius 2 is 1.48 bits per heavy atom. The van der Waals surface area contributed by atoms with Gasteiger partial charge in [0.25, 0.3) is 0 Å². The van der Waals surface area contributed by atoms with Crippen molar-refractivity contribution in [3.05, 3.63) is 18.2 Å². The molecule has 31 heavy (non-hydrogen) atoms. The second kappa shape index (κ2) is 14.9. The molecule has 0 amide bonds. The van der Waals surface area contributed by atoms with Gasteiger partial charge in [-0.3, -0.25) is 0 Å². The summed E-state index contributed by atoms with van der Waals surface area (Å²) >= 11 is 4.46. The normalized spacial score (nSPS) is 13.3. The van der Waals surface area contributed by atoms with Gasteiger partial charge in [-0.2, -0.15) is 0 Å². The van der Waals surface area contributed by atoms with Crippen LogP contribution < -0.4 is 10.0 Å². The van der Waals surface area contributed by atoms with E-state index in [0.717, 1.165) is 18.2 Å². The maximum atomic E-state index is 10.4. The minimum atomic E-state index is -2.42. The van der Waals surface area contributed by atoms with Crippen molar-refractivity contribution in [2.45, 2.75) is 77.7 Å². The van der Waals surface area contributed by atoms with E-state index in [1.807, 2.05) is 12.1 Å². The van der Waals surface area contributed by atoms with Crippen LogP contribution in [0.2, 0.25) is 6.04 Å². The number of halogens is 1. The van der Waals surface area contributed by atoms with Crippen molar-refractivity contribution in [3.63, 3.8) is 0 Å². The van der Waals surface area contributed by atoms with E-state index >= 15 is 0 Å². The number of hydrogen-bond donors (Lipinski definition) is 1. The van der Waals surface area contributed by atoms with Crippen LogP contribution in [-0.4, -0.2) is 59.9 Å². The molecule has 1 N–H and O–H groups in total. The molecule has 7 heteroatoms. The first-order chi connectivity index (χ1) is 14.9. The Morgan fingerprint density at radius 1 is 0.935 bits per heavy atom. The Balaban J connectivity index is 3.15. The summed E-state index contributed by atoms with van der Waals surface area (Å²) in [4.78, 5) is 0. The number of benzene rings is 1. The Morgan fingerprint density at radius 3 is 1.97 bits per heavy atom. The van der Waals surface area contributed by atoms with Gasteiger partial charge in [0.05, 0.1) is 0 Å². The molecule has 0 bridgehead atoms. The summed E-state index contributed by atoms with van der Waals surface area (Å²) < 4.78 is 16.9. The maximum absolute atomic E-state index is 10.4. The fourth-order valence-corrected chi connectivity index (χ4v) is 13.7. The molecule has 1 aromatic rings. The van der Waals surface area contributed by atoms with Crippen molar-refractivity contribution in [2.75, 3.05) is 39.3 Å². The molecule has 0 aliphatic heterocycles. The summed E-state index contributed by atoms with van der Waals surface area (Å²) in [5, 5.41) is 9.26. The summed E-state index contributed by atoms with van der Waals surface area (Å²) in [5.41, 5.74) is 0. The number of rotatable bonds is 18. The average Bonchev–Trinajstić information content (AvgIpc) is 2.78. The van der Waals surface area contributed by atoms with Crippen molar-refractivity contribution in [2.24, 2.45) is 0 Å². The fourth-order valence-electron chi connectivity index (χ4n) is 4.06. The molecule has 0 spiro atoms. The van der Waals surface area contributed by atoms with Crippen LogP contribution in [0, 0.1) is 0 Å². The topological polar surface area (TPSA) is 47.9 Å². The Labute approximate surface area is 201 Å². The van der Waals surface area contributed by atoms with Crippen LogP contribution in [-0.2, 0) is 9.47 Å². The predicted molar refractivity (Wildman–Crippen MR) is 141 cm³/mol. The predicted octanol–water partition coefficient (Wildman–Crippen LogP) is 6.75. The number of unbranched alkanes of at least 4 members (excludes halogenated alkanes) is 3. The molecule has 0 aromatic heterocycles. The van der Waals surface area contributed by atoms with Crippen molar-refractivity contribution in [1.29, 1.82) is 0 Å². The van der Waals surface area contributed by atoms with E-state index in [9.17, 15) is 5.11 Å². The second-order valence-electron chi connectivity index (χ2n) is 8.43. The summed E-state index contributed by atoms with van der Waals surface area (Å²) in [6, 6.07) is 6.75. The third-order valence-corrected chi connectivity index (χ3v) is 17.3. The van der Waals surface area contributed by atoms with Gasteiger partial charge in [-0.1, -0.05) is 0 Å². The van der Waals surface area contributed by atoms with E-state index in [-0.39, 0.29) is 5.91 Å². The third-order valence-electron chi connectivity index (χ3n) is 5.94. The van der Waals surface area contributed by atoms with Crippen LogP contribution in [0.15, 0.2) is 18.2 Å². The minimum absolute atomic E-state index is 0.119. The molecule has 0 aliphatic rings. The van der Waals surface area contributed by atoms with Gasteiger partial charge in [0.15, 0.2) is 0 Å². The number of ether oxygens (including phenoxy) is 3. The first-order valence-electron chi connectivity index (χ1n) is 11.8. The van der Waals surface area contributed by atoms with Gasteiger partial charge in [-0.25, -0.2) is 0 Å². The van der Waals surface area contributed by atoms with Crippen molar-refractivity contribution < 1.29 is 19.3 Å². The molecule has 1 rings (SSSR count). The molecule has 180 valence electrons. The zero-order valence-corrected chi connectivity index (χ0v) is 23.8. The van der Waals surface area contributed by atoms with E-state index in [1.54, 1.807) is 20.3 Å². The molecule has 0 saturated carbocycles. The van der Waals surface area contributed by atoms with Gasteiger partial charge in [-0.15, -0.1) is 0 Å². The monoisotopic (exact) mass is 534 g/mol. The van der Waals surface area contributed by atoms with E-state index in [1.165, 1.54) is 62.3 Å². The molecule has 2 radical (unpaired) electrons. The zero-order chi connectivity index (χ0) is 23.2. The van der Waals surface area contributed by atoms with Crippen LogP contribution in [0.1, 0.15) is 65.7 Å². The quantitative estimate of drug-likeness (QED) is 0.0978. The van der Waals surface area contributed by atoms with E-state index in [2.05, 4.69) is 36.3 Å². The van der Waals surface area contributed by atoms with Crippen LogP contribution in [0.25, 0.3) is 0 Å². The van der Waals surface area contributed by atoms with Crippen LogP contribution in [0.4, 0.5) is 0 Å². The fraction of sp³-hybridized carbons (Fsp3) is 0.750. The zero-order valence-electron chi connectivity index (χ0n) is 20.3. The number of hydrogen-bond acceptors (Lipinski definition) is 4. The van der Waals surface area contributed by atoms with Gasteiger partial charge in [0.2, 0.25) is 0 Å². The number of phenols is 1. The number of methoxy groups -OCH3 is 2. The first kappa shape index (κ1) is 28.9. The summed E-state index contributed by atoms with van der Waals surface area (Å²) in [6.07, 6.45) is 11.6. The van der Waals surface area contributed by atoms with Gasteiger partial charge < -0.3 is 0 Å². The molecule has 1 aromatic carbocycles. The first-order valence-corrected chi connectivity index (χ1v) is 17.9. The number of phenolic OH excluding ortho intramolecular Hbond substituents is 1. The van der Waals surface area contributed by atoms with E-state index in [0.29, 0.717) is 21.9 Å². The molecule has 0 aliphatic carbocycles. The van der Waals surface area contributed by atoms with Gasteiger partial charge in [0, 0.05) is 0 Å². The SMILES string of the molecule is CCCCP(Br)(CCCC)(CCCC)c1cc(O)ccc1OCCC[Si]C(OC)OC. The summed E-state index contributed by atoms with van der Waals surface area (Å²) in [6.45, 7) is 7.46. The van der Waals surface area contributed by atoms with Gasteiger partial charge in [0.1, 0.15) is 0 Å². The standard InChI is InChI=1S/C24H44BrO4PSi/c1-6-9-16-30(25,17-10-7-2,18-11-8-3)23-20-21(26)13-14-22(23)29-15-12-19-31-24(27-4)28-5/h13-14,20,24,26H,6-12,15-19H2,1-5H3. The van der Waals surface area contributed by atoms with E-state index < -0.39 is 5.31 Å². The van der Waals surface area contributed by atoms with Crippen LogP contribution >= 0.6 is 20.8 Å². The van der Waals surface area contributed by atoms with Crippen molar-refractivity contribution in [3.8, 4) is 11.5 Å². The Bertz CT molecular complexity index is 603. The molecule has 0 saturated heterocycles. The molecular weight excluding hydrogens is 491 g/mol. The summed E-state index contributed by atoms with van der Waals surface area (Å²) in [7, 11) is 3.97.